The topological polar surface area (TPSA) is 18.5 Å². The van der Waals surface area contributed by atoms with Crippen molar-refractivity contribution in [2.75, 3.05) is 0 Å². The fraction of sp³-hybridized carbons (Fsp3) is 0.852. The number of rotatable bonds is 6. The SMILES string of the molecule is C=C[Si](C)(C)O[C@H]1CC[C@]2(C)C3CC[C@]4(C)C[C@@H](O[Si](C)(C)C=C)CC4C3CC[C@H]2C1. The van der Waals surface area contributed by atoms with Crippen molar-refractivity contribution in [2.24, 2.45) is 34.5 Å². The molecule has 0 aliphatic heterocycles. The summed E-state index contributed by atoms with van der Waals surface area (Å²) in [5.74, 6) is 3.55. The van der Waals surface area contributed by atoms with Crippen LogP contribution in [0.2, 0.25) is 26.2 Å². The van der Waals surface area contributed by atoms with Gasteiger partial charge in [0, 0.05) is 12.2 Å². The van der Waals surface area contributed by atoms with Crippen LogP contribution in [0.15, 0.2) is 24.6 Å². The molecule has 0 spiro atoms. The van der Waals surface area contributed by atoms with E-state index in [0.29, 0.717) is 23.0 Å². The Morgan fingerprint density at radius 1 is 0.774 bits per heavy atom. The van der Waals surface area contributed by atoms with Crippen LogP contribution in [0.1, 0.15) is 71.6 Å². The highest BCUT2D eigenvalue weighted by atomic mass is 28.4. The van der Waals surface area contributed by atoms with Crippen LogP contribution in [-0.2, 0) is 8.85 Å². The van der Waals surface area contributed by atoms with Gasteiger partial charge in [0.25, 0.3) is 0 Å². The van der Waals surface area contributed by atoms with Gasteiger partial charge in [-0.25, -0.2) is 0 Å². The van der Waals surface area contributed by atoms with Gasteiger partial charge in [0.05, 0.1) is 0 Å². The van der Waals surface area contributed by atoms with E-state index >= 15 is 0 Å². The van der Waals surface area contributed by atoms with Crippen LogP contribution in [0.5, 0.6) is 0 Å². The molecule has 4 fully saturated rings. The maximum atomic E-state index is 6.69. The number of hydrogen-bond donors (Lipinski definition) is 0. The van der Waals surface area contributed by atoms with E-state index < -0.39 is 16.6 Å². The third-order valence-electron chi connectivity index (χ3n) is 10.3. The molecular weight excluding hydrogens is 412 g/mol. The van der Waals surface area contributed by atoms with Gasteiger partial charge in [-0.2, -0.15) is 0 Å². The van der Waals surface area contributed by atoms with E-state index in [1.807, 2.05) is 0 Å². The second kappa shape index (κ2) is 8.25. The van der Waals surface area contributed by atoms with E-state index in [1.165, 1.54) is 57.8 Å². The molecule has 0 bridgehead atoms. The summed E-state index contributed by atoms with van der Waals surface area (Å²) in [7, 11) is -3.40. The molecular formula is C27H48O2Si2. The molecule has 0 aromatic rings. The smallest absolute Gasteiger partial charge is 0.210 e. The number of hydrogen-bond acceptors (Lipinski definition) is 2. The predicted octanol–water partition coefficient (Wildman–Crippen LogP) is 7.66. The molecule has 0 aromatic heterocycles. The van der Waals surface area contributed by atoms with E-state index in [9.17, 15) is 0 Å². The Kier molecular flexibility index (Phi) is 6.38. The zero-order valence-corrected chi connectivity index (χ0v) is 23.2. The molecule has 2 nitrogen and oxygen atoms in total. The highest BCUT2D eigenvalue weighted by Gasteiger charge is 2.59. The molecule has 4 rings (SSSR count). The molecule has 0 amide bonds. The molecule has 31 heavy (non-hydrogen) atoms. The third kappa shape index (κ3) is 4.48. The molecule has 176 valence electrons. The van der Waals surface area contributed by atoms with Crippen molar-refractivity contribution < 1.29 is 8.85 Å². The molecule has 4 aliphatic carbocycles. The number of fused-ring (bicyclic) bond motifs is 5. The first kappa shape index (κ1) is 24.0. The quantitative estimate of drug-likeness (QED) is 0.379. The highest BCUT2D eigenvalue weighted by molar-refractivity contribution is 6.76. The van der Waals surface area contributed by atoms with Crippen LogP contribution in [0.4, 0.5) is 0 Å². The lowest BCUT2D eigenvalue weighted by atomic mass is 9.45. The van der Waals surface area contributed by atoms with E-state index in [2.05, 4.69) is 64.6 Å². The van der Waals surface area contributed by atoms with E-state index in [1.54, 1.807) is 0 Å². The van der Waals surface area contributed by atoms with E-state index in [4.69, 9.17) is 8.85 Å². The van der Waals surface area contributed by atoms with Crippen LogP contribution < -0.4 is 0 Å². The van der Waals surface area contributed by atoms with Crippen molar-refractivity contribution in [3.05, 3.63) is 24.6 Å². The molecule has 0 radical (unpaired) electrons. The third-order valence-corrected chi connectivity index (χ3v) is 14.1. The maximum Gasteiger partial charge on any atom is 0.210 e. The summed E-state index contributed by atoms with van der Waals surface area (Å²) in [6, 6.07) is 0. The molecule has 0 aromatic carbocycles. The van der Waals surface area contributed by atoms with Crippen LogP contribution in [0, 0.1) is 34.5 Å². The fourth-order valence-corrected chi connectivity index (χ4v) is 10.7. The second-order valence-corrected chi connectivity index (χ2v) is 20.9. The Bertz CT molecular complexity index is 703. The molecule has 4 heteroatoms. The summed E-state index contributed by atoms with van der Waals surface area (Å²) in [5.41, 5.74) is 5.25. The van der Waals surface area contributed by atoms with Crippen LogP contribution >= 0.6 is 0 Å². The summed E-state index contributed by atoms with van der Waals surface area (Å²) in [6.45, 7) is 22.6. The minimum Gasteiger partial charge on any atom is -0.411 e. The predicted molar refractivity (Wildman–Crippen MR) is 137 cm³/mol. The molecule has 0 heterocycles. The van der Waals surface area contributed by atoms with Crippen molar-refractivity contribution >= 4 is 16.6 Å². The minimum absolute atomic E-state index is 0.467. The fourth-order valence-electron chi connectivity index (χ4n) is 8.36. The summed E-state index contributed by atoms with van der Waals surface area (Å²) < 4.78 is 13.3. The molecule has 3 unspecified atom stereocenters. The average molecular weight is 461 g/mol. The molecule has 8 atom stereocenters. The lowest BCUT2D eigenvalue weighted by molar-refractivity contribution is -0.118. The minimum atomic E-state index is -1.71. The Morgan fingerprint density at radius 3 is 2.06 bits per heavy atom. The Balaban J connectivity index is 1.47. The van der Waals surface area contributed by atoms with Crippen LogP contribution in [0.25, 0.3) is 0 Å². The van der Waals surface area contributed by atoms with Crippen molar-refractivity contribution in [2.45, 2.75) is 110 Å². The first-order chi connectivity index (χ1) is 14.4. The molecule has 4 aliphatic rings. The standard InChI is InChI=1S/C27H48O2Si2/c1-9-30(5,6)28-21-13-16-27(4)20(17-21)11-12-23-24(27)14-15-26(3)19-22(18-25(23)26)29-31(7,8)10-2/h9-10,20-25H,1-2,11-19H2,3-8H3/t20-,21-,22-,23?,24?,25?,26+,27-/m0/s1. The van der Waals surface area contributed by atoms with Crippen LogP contribution in [-0.4, -0.2) is 28.8 Å². The lowest BCUT2D eigenvalue weighted by Gasteiger charge is -2.60. The van der Waals surface area contributed by atoms with Gasteiger partial charge < -0.3 is 8.85 Å². The summed E-state index contributed by atoms with van der Waals surface area (Å²) in [5, 5.41) is 0. The Labute approximate surface area is 194 Å². The maximum absolute atomic E-state index is 6.69. The van der Waals surface area contributed by atoms with E-state index in [0.717, 1.165) is 23.7 Å². The normalized spacial score (nSPS) is 45.4. The summed E-state index contributed by atoms with van der Waals surface area (Å²) in [4.78, 5) is 0. The first-order valence-electron chi connectivity index (χ1n) is 13.0. The van der Waals surface area contributed by atoms with E-state index in [-0.39, 0.29) is 0 Å². The zero-order valence-electron chi connectivity index (χ0n) is 21.2. The second-order valence-electron chi connectivity index (χ2n) is 13.2. The molecule has 0 N–H and O–H groups in total. The van der Waals surface area contributed by atoms with Gasteiger partial charge >= 0.3 is 0 Å². The van der Waals surface area contributed by atoms with Crippen molar-refractivity contribution in [1.29, 1.82) is 0 Å². The van der Waals surface area contributed by atoms with Gasteiger partial charge in [-0.05, 0) is 118 Å². The first-order valence-corrected chi connectivity index (χ1v) is 19.0. The van der Waals surface area contributed by atoms with Gasteiger partial charge in [0.2, 0.25) is 16.6 Å². The lowest BCUT2D eigenvalue weighted by Crippen LogP contribution is -2.54. The largest absolute Gasteiger partial charge is 0.411 e. The van der Waals surface area contributed by atoms with Crippen molar-refractivity contribution in [1.82, 2.24) is 0 Å². The average Bonchev–Trinajstić information content (AvgIpc) is 3.03. The van der Waals surface area contributed by atoms with Gasteiger partial charge in [0.15, 0.2) is 0 Å². The molecule has 4 saturated carbocycles. The van der Waals surface area contributed by atoms with Gasteiger partial charge in [-0.3, -0.25) is 0 Å². The molecule has 0 saturated heterocycles. The van der Waals surface area contributed by atoms with Gasteiger partial charge in [-0.1, -0.05) is 25.2 Å². The summed E-state index contributed by atoms with van der Waals surface area (Å²) >= 11 is 0. The Hall–Kier alpha value is -0.166. The van der Waals surface area contributed by atoms with Gasteiger partial charge in [-0.15, -0.1) is 13.2 Å². The van der Waals surface area contributed by atoms with Crippen molar-refractivity contribution in [3.8, 4) is 0 Å². The van der Waals surface area contributed by atoms with Crippen LogP contribution in [0.3, 0.4) is 0 Å². The Morgan fingerprint density at radius 2 is 1.42 bits per heavy atom. The summed E-state index contributed by atoms with van der Waals surface area (Å²) in [6.07, 6.45) is 13.1. The monoisotopic (exact) mass is 460 g/mol. The van der Waals surface area contributed by atoms with Crippen molar-refractivity contribution in [3.63, 3.8) is 0 Å². The highest BCUT2D eigenvalue weighted by Crippen LogP contribution is 2.66. The zero-order chi connectivity index (χ0) is 22.7. The van der Waals surface area contributed by atoms with Gasteiger partial charge in [0.1, 0.15) is 0 Å².